The minimum absolute atomic E-state index is 0.0540. The molecule has 0 bridgehead atoms. The lowest BCUT2D eigenvalue weighted by Gasteiger charge is -2.24. The highest BCUT2D eigenvalue weighted by Gasteiger charge is 2.14. The van der Waals surface area contributed by atoms with Crippen molar-refractivity contribution in [2.45, 2.75) is 31.8 Å². The van der Waals surface area contributed by atoms with Gasteiger partial charge in [0.15, 0.2) is 0 Å². The smallest absolute Gasteiger partial charge is 0.0927 e. The molecule has 62 valence electrons. The predicted octanol–water partition coefficient (Wildman–Crippen LogP) is 0.667. The zero-order valence-corrected chi connectivity index (χ0v) is 6.84. The van der Waals surface area contributed by atoms with Gasteiger partial charge < -0.3 is 4.74 Å². The van der Waals surface area contributed by atoms with E-state index >= 15 is 0 Å². The minimum Gasteiger partial charge on any atom is -0.380 e. The van der Waals surface area contributed by atoms with Gasteiger partial charge in [0, 0.05) is 12.6 Å². The van der Waals surface area contributed by atoms with E-state index in [4.69, 9.17) is 10.00 Å². The summed E-state index contributed by atoms with van der Waals surface area (Å²) in [5, 5.41) is 11.7. The molecule has 1 heterocycles. The van der Waals surface area contributed by atoms with Crippen molar-refractivity contribution in [3.05, 3.63) is 0 Å². The van der Waals surface area contributed by atoms with Crippen molar-refractivity contribution in [1.82, 2.24) is 5.32 Å². The normalized spacial score (nSPS) is 27.5. The molecule has 0 aromatic heterocycles. The third-order valence-electron chi connectivity index (χ3n) is 1.84. The Morgan fingerprint density at radius 2 is 2.55 bits per heavy atom. The highest BCUT2D eigenvalue weighted by Crippen LogP contribution is 2.05. The van der Waals surface area contributed by atoms with E-state index in [0.29, 0.717) is 6.04 Å². The molecule has 1 saturated heterocycles. The third-order valence-corrected chi connectivity index (χ3v) is 1.84. The van der Waals surface area contributed by atoms with Crippen LogP contribution in [-0.4, -0.2) is 25.3 Å². The quantitative estimate of drug-likeness (QED) is 0.635. The van der Waals surface area contributed by atoms with Gasteiger partial charge in [0.25, 0.3) is 0 Å². The lowest BCUT2D eigenvalue weighted by atomic mass is 10.1. The maximum absolute atomic E-state index is 8.51. The van der Waals surface area contributed by atoms with Gasteiger partial charge >= 0.3 is 0 Å². The fraction of sp³-hybridized carbons (Fsp3) is 0.875. The van der Waals surface area contributed by atoms with E-state index in [0.717, 1.165) is 26.1 Å². The van der Waals surface area contributed by atoms with E-state index in [9.17, 15) is 0 Å². The zero-order valence-electron chi connectivity index (χ0n) is 6.84. The summed E-state index contributed by atoms with van der Waals surface area (Å²) in [6, 6.07) is 2.48. The van der Waals surface area contributed by atoms with Gasteiger partial charge in [-0.05, 0) is 19.8 Å². The molecule has 0 aliphatic carbocycles. The van der Waals surface area contributed by atoms with Crippen LogP contribution in [0.25, 0.3) is 0 Å². The van der Waals surface area contributed by atoms with Crippen LogP contribution in [0.3, 0.4) is 0 Å². The number of nitrogens with one attached hydrogen (secondary N) is 1. The Hall–Kier alpha value is -0.590. The van der Waals surface area contributed by atoms with E-state index < -0.39 is 0 Å². The first-order chi connectivity index (χ1) is 5.33. The fourth-order valence-corrected chi connectivity index (χ4v) is 1.26. The van der Waals surface area contributed by atoms with Crippen LogP contribution in [0.15, 0.2) is 0 Å². The Morgan fingerprint density at radius 1 is 1.73 bits per heavy atom. The molecule has 3 heteroatoms. The van der Waals surface area contributed by atoms with Crippen LogP contribution in [0, 0.1) is 11.3 Å². The van der Waals surface area contributed by atoms with Crippen molar-refractivity contribution in [2.75, 3.05) is 13.2 Å². The van der Waals surface area contributed by atoms with Gasteiger partial charge in [-0.1, -0.05) is 0 Å². The number of nitriles is 1. The molecular weight excluding hydrogens is 140 g/mol. The summed E-state index contributed by atoms with van der Waals surface area (Å²) in [7, 11) is 0. The molecule has 2 atom stereocenters. The summed E-state index contributed by atoms with van der Waals surface area (Å²) < 4.78 is 5.26. The van der Waals surface area contributed by atoms with Gasteiger partial charge in [0.05, 0.1) is 18.7 Å². The van der Waals surface area contributed by atoms with Crippen molar-refractivity contribution in [2.24, 2.45) is 0 Å². The van der Waals surface area contributed by atoms with Crippen molar-refractivity contribution < 1.29 is 4.74 Å². The second-order valence-electron chi connectivity index (χ2n) is 2.93. The number of hydrogen-bond donors (Lipinski definition) is 1. The Morgan fingerprint density at radius 3 is 3.09 bits per heavy atom. The maximum Gasteiger partial charge on any atom is 0.0927 e. The Balaban J connectivity index is 2.20. The topological polar surface area (TPSA) is 45.0 Å². The Bertz CT molecular complexity index is 147. The van der Waals surface area contributed by atoms with Gasteiger partial charge in [0.2, 0.25) is 0 Å². The first-order valence-corrected chi connectivity index (χ1v) is 4.06. The van der Waals surface area contributed by atoms with Crippen molar-refractivity contribution in [1.29, 1.82) is 5.26 Å². The lowest BCUT2D eigenvalue weighted by molar-refractivity contribution is 0.0691. The van der Waals surface area contributed by atoms with E-state index in [1.54, 1.807) is 0 Å². The zero-order chi connectivity index (χ0) is 8.10. The molecular formula is C8H14N2O. The Labute approximate surface area is 67.3 Å². The molecule has 0 aromatic carbocycles. The van der Waals surface area contributed by atoms with Gasteiger partial charge in [-0.25, -0.2) is 0 Å². The van der Waals surface area contributed by atoms with E-state index in [1.807, 2.05) is 6.92 Å². The summed E-state index contributed by atoms with van der Waals surface area (Å²) in [5.74, 6) is 0. The van der Waals surface area contributed by atoms with E-state index in [-0.39, 0.29) is 6.04 Å². The molecule has 11 heavy (non-hydrogen) atoms. The SMILES string of the molecule is CC(C#N)NC1CCCOC1. The van der Waals surface area contributed by atoms with Gasteiger partial charge in [-0.2, -0.15) is 5.26 Å². The summed E-state index contributed by atoms with van der Waals surface area (Å²) in [6.45, 7) is 3.50. The van der Waals surface area contributed by atoms with Gasteiger partial charge in [-0.15, -0.1) is 0 Å². The summed E-state index contributed by atoms with van der Waals surface area (Å²) in [6.07, 6.45) is 2.24. The van der Waals surface area contributed by atoms with Crippen molar-refractivity contribution in [3.8, 4) is 6.07 Å². The first kappa shape index (κ1) is 8.51. The van der Waals surface area contributed by atoms with Crippen LogP contribution >= 0.6 is 0 Å². The minimum atomic E-state index is -0.0540. The average Bonchev–Trinajstić information content (AvgIpc) is 2.06. The fourth-order valence-electron chi connectivity index (χ4n) is 1.26. The Kier molecular flexibility index (Phi) is 3.34. The predicted molar refractivity (Wildman–Crippen MR) is 42.1 cm³/mol. The highest BCUT2D eigenvalue weighted by atomic mass is 16.5. The summed E-state index contributed by atoms with van der Waals surface area (Å²) >= 11 is 0. The molecule has 3 nitrogen and oxygen atoms in total. The summed E-state index contributed by atoms with van der Waals surface area (Å²) in [5.41, 5.74) is 0. The molecule has 1 aliphatic heterocycles. The standard InChI is InChI=1S/C8H14N2O/c1-7(5-9)10-8-3-2-4-11-6-8/h7-8,10H,2-4,6H2,1H3. The van der Waals surface area contributed by atoms with E-state index in [1.165, 1.54) is 0 Å². The maximum atomic E-state index is 8.51. The molecule has 1 fully saturated rings. The second-order valence-corrected chi connectivity index (χ2v) is 2.93. The van der Waals surface area contributed by atoms with Crippen molar-refractivity contribution >= 4 is 0 Å². The number of hydrogen-bond acceptors (Lipinski definition) is 3. The van der Waals surface area contributed by atoms with Crippen LogP contribution in [0.2, 0.25) is 0 Å². The van der Waals surface area contributed by atoms with Gasteiger partial charge in [-0.3, -0.25) is 5.32 Å². The van der Waals surface area contributed by atoms with Crippen LogP contribution in [0.1, 0.15) is 19.8 Å². The largest absolute Gasteiger partial charge is 0.380 e. The number of nitrogens with zero attached hydrogens (tertiary/aromatic N) is 1. The molecule has 0 spiro atoms. The first-order valence-electron chi connectivity index (χ1n) is 4.06. The lowest BCUT2D eigenvalue weighted by Crippen LogP contribution is -2.41. The van der Waals surface area contributed by atoms with Crippen LogP contribution in [0.4, 0.5) is 0 Å². The molecule has 1 rings (SSSR count). The monoisotopic (exact) mass is 154 g/mol. The molecule has 0 radical (unpaired) electrons. The third kappa shape index (κ3) is 2.87. The summed E-state index contributed by atoms with van der Waals surface area (Å²) in [4.78, 5) is 0. The number of ether oxygens (including phenoxy) is 1. The van der Waals surface area contributed by atoms with Crippen LogP contribution in [-0.2, 0) is 4.74 Å². The van der Waals surface area contributed by atoms with Crippen molar-refractivity contribution in [3.63, 3.8) is 0 Å². The van der Waals surface area contributed by atoms with Crippen LogP contribution < -0.4 is 5.32 Å². The molecule has 0 aromatic rings. The molecule has 1 aliphatic rings. The average molecular weight is 154 g/mol. The van der Waals surface area contributed by atoms with Gasteiger partial charge in [0.1, 0.15) is 0 Å². The highest BCUT2D eigenvalue weighted by molar-refractivity contribution is 4.88. The molecule has 0 amide bonds. The van der Waals surface area contributed by atoms with Crippen LogP contribution in [0.5, 0.6) is 0 Å². The second kappa shape index (κ2) is 4.32. The molecule has 0 saturated carbocycles. The van der Waals surface area contributed by atoms with E-state index in [2.05, 4.69) is 11.4 Å². The molecule has 2 unspecified atom stereocenters. The number of rotatable bonds is 2. The molecule has 1 N–H and O–H groups in total.